The van der Waals surface area contributed by atoms with Crippen molar-refractivity contribution in [2.24, 2.45) is 11.7 Å². The summed E-state index contributed by atoms with van der Waals surface area (Å²) >= 11 is 0. The van der Waals surface area contributed by atoms with Gasteiger partial charge in [-0.1, -0.05) is 48.9 Å². The predicted octanol–water partition coefficient (Wildman–Crippen LogP) is -2.22. The van der Waals surface area contributed by atoms with Crippen molar-refractivity contribution in [3.63, 3.8) is 0 Å². The van der Waals surface area contributed by atoms with E-state index >= 15 is 0 Å². The van der Waals surface area contributed by atoms with Gasteiger partial charge in [-0.25, -0.2) is 4.68 Å². The number of carbonyl (C=O) groups is 8. The maximum absolute atomic E-state index is 12.9. The summed E-state index contributed by atoms with van der Waals surface area (Å²) in [6.07, 6.45) is 4.66. The van der Waals surface area contributed by atoms with E-state index in [0.717, 1.165) is 5.56 Å². The molecule has 0 radical (unpaired) electrons. The van der Waals surface area contributed by atoms with Crippen molar-refractivity contribution in [2.45, 2.75) is 71.0 Å². The van der Waals surface area contributed by atoms with Crippen molar-refractivity contribution in [1.82, 2.24) is 46.5 Å². The zero-order valence-corrected chi connectivity index (χ0v) is 29.1. The number of nitrogens with one attached hydrogen (secondary N) is 5. The van der Waals surface area contributed by atoms with Crippen LogP contribution in [0.3, 0.4) is 0 Å². The molecule has 2 heterocycles. The van der Waals surface area contributed by atoms with Gasteiger partial charge in [0.15, 0.2) is 0 Å². The Hall–Kier alpha value is -5.72. The highest BCUT2D eigenvalue weighted by atomic mass is 16.5. The van der Waals surface area contributed by atoms with Gasteiger partial charge in [-0.2, -0.15) is 0 Å². The van der Waals surface area contributed by atoms with E-state index in [1.807, 2.05) is 6.92 Å². The molecule has 52 heavy (non-hydrogen) atoms. The van der Waals surface area contributed by atoms with E-state index in [4.69, 9.17) is 10.5 Å². The molecule has 1 fully saturated rings. The first kappa shape index (κ1) is 40.7. The normalized spacial score (nSPS) is 14.4. The van der Waals surface area contributed by atoms with Crippen LogP contribution in [0, 0.1) is 5.92 Å². The molecule has 7 N–H and O–H groups in total. The first-order chi connectivity index (χ1) is 24.9. The number of ether oxygens (including phenoxy) is 1. The second-order valence-corrected chi connectivity index (χ2v) is 12.1. The van der Waals surface area contributed by atoms with Crippen LogP contribution in [0.15, 0.2) is 36.5 Å². The Morgan fingerprint density at radius 2 is 1.67 bits per heavy atom. The van der Waals surface area contributed by atoms with Crippen molar-refractivity contribution in [3.8, 4) is 0 Å². The summed E-state index contributed by atoms with van der Waals surface area (Å²) in [4.78, 5) is 98.6. The smallest absolute Gasteiger partial charge is 0.243 e. The van der Waals surface area contributed by atoms with Gasteiger partial charge in [0.2, 0.25) is 47.3 Å². The minimum atomic E-state index is -1.07. The van der Waals surface area contributed by atoms with Crippen molar-refractivity contribution in [2.75, 3.05) is 33.0 Å². The van der Waals surface area contributed by atoms with E-state index in [2.05, 4.69) is 36.9 Å². The Morgan fingerprint density at radius 1 is 0.923 bits per heavy atom. The summed E-state index contributed by atoms with van der Waals surface area (Å²) < 4.78 is 6.09. The number of unbranched alkanes of at least 4 members (excludes halogenated alkanes) is 2. The van der Waals surface area contributed by atoms with Crippen LogP contribution >= 0.6 is 0 Å². The number of primary amides is 1. The third-order valence-electron chi connectivity index (χ3n) is 7.89. The quantitative estimate of drug-likeness (QED) is 0.0406. The predicted molar refractivity (Wildman–Crippen MR) is 182 cm³/mol. The molecule has 1 aliphatic rings. The molecule has 8 amide bonds. The number of aromatic nitrogens is 3. The molecule has 19 nitrogen and oxygen atoms in total. The highest BCUT2D eigenvalue weighted by Crippen LogP contribution is 2.22. The third kappa shape index (κ3) is 14.6. The van der Waals surface area contributed by atoms with Crippen LogP contribution < -0.4 is 32.3 Å². The van der Waals surface area contributed by atoms with E-state index < -0.39 is 48.7 Å². The number of amides is 8. The summed E-state index contributed by atoms with van der Waals surface area (Å²) in [5.74, 6) is -3.82. The monoisotopic (exact) mass is 726 g/mol. The van der Waals surface area contributed by atoms with Crippen LogP contribution in [0.5, 0.6) is 0 Å². The number of nitrogens with zero attached hydrogens (tertiary/aromatic N) is 4. The second kappa shape index (κ2) is 21.5. The molecule has 1 aromatic carbocycles. The first-order valence-corrected chi connectivity index (χ1v) is 17.0. The molecule has 282 valence electrons. The average Bonchev–Trinajstić information content (AvgIpc) is 3.68. The van der Waals surface area contributed by atoms with Gasteiger partial charge in [0.05, 0.1) is 25.8 Å². The van der Waals surface area contributed by atoms with E-state index in [1.54, 1.807) is 30.3 Å². The molecule has 2 atom stereocenters. The van der Waals surface area contributed by atoms with Gasteiger partial charge in [-0.15, -0.1) is 5.10 Å². The van der Waals surface area contributed by atoms with Crippen LogP contribution in [0.4, 0.5) is 0 Å². The lowest BCUT2D eigenvalue weighted by Gasteiger charge is -2.19. The Kier molecular flexibility index (Phi) is 16.8. The largest absolute Gasteiger partial charge is 0.368 e. The van der Waals surface area contributed by atoms with Crippen molar-refractivity contribution in [3.05, 3.63) is 47.8 Å². The third-order valence-corrected chi connectivity index (χ3v) is 7.89. The topological polar surface area (TPSA) is 266 Å². The fourth-order valence-electron chi connectivity index (χ4n) is 5.13. The first-order valence-electron chi connectivity index (χ1n) is 17.0. The average molecular weight is 727 g/mol. The number of imide groups is 1. The van der Waals surface area contributed by atoms with Gasteiger partial charge in [-0.3, -0.25) is 43.3 Å². The summed E-state index contributed by atoms with van der Waals surface area (Å²) in [6, 6.07) is 7.80. The van der Waals surface area contributed by atoms with Crippen LogP contribution in [-0.2, 0) is 62.6 Å². The summed E-state index contributed by atoms with van der Waals surface area (Å²) in [7, 11) is 0. The molecule has 0 saturated carbocycles. The fraction of sp³-hybridized carbons (Fsp3) is 0.515. The zero-order valence-electron chi connectivity index (χ0n) is 29.1. The summed E-state index contributed by atoms with van der Waals surface area (Å²) in [5.41, 5.74) is 6.11. The SMILES string of the molecule is CCC1CC(=O)N(CCCCCC(=O)NCc2cn(CC(=O)NCC(=O)N[C@@H](Cc3ccccc3)C(=O)NCC(=O)NCOCC(N)=O)nn2)C1=O. The Morgan fingerprint density at radius 3 is 2.38 bits per heavy atom. The number of nitrogens with two attached hydrogens (primary N) is 1. The van der Waals surface area contributed by atoms with Crippen LogP contribution in [-0.4, -0.2) is 106 Å². The number of hydrogen-bond donors (Lipinski definition) is 6. The molecule has 0 bridgehead atoms. The number of benzene rings is 1. The standard InChI is InChI=1S/C33H46N10O9/c1-2-23-14-31(49)43(33(23)51)12-8-4-7-11-27(45)35-15-24-18-42(41-40-24)19-30(48)36-17-29(47)39-25(13-22-9-5-3-6-10-22)32(50)37-16-28(46)38-21-52-20-26(34)44/h3,5-6,9-10,18,23,25H,2,4,7-8,11-17,19-21H2,1H3,(H2,34,44)(H,35,45)(H,36,48)(H,37,50)(H,38,46)(H,39,47)/t23?,25-/m0/s1. The number of likely N-dealkylation sites (tertiary alicyclic amines) is 1. The highest BCUT2D eigenvalue weighted by molar-refractivity contribution is 6.03. The van der Waals surface area contributed by atoms with Gasteiger partial charge in [-0.05, 0) is 24.8 Å². The van der Waals surface area contributed by atoms with Gasteiger partial charge in [0.1, 0.15) is 31.6 Å². The van der Waals surface area contributed by atoms with Gasteiger partial charge >= 0.3 is 0 Å². The van der Waals surface area contributed by atoms with Gasteiger partial charge in [0, 0.05) is 31.7 Å². The number of carbonyl (C=O) groups excluding carboxylic acids is 8. The van der Waals surface area contributed by atoms with Crippen molar-refractivity contribution < 1.29 is 43.1 Å². The fourth-order valence-corrected chi connectivity index (χ4v) is 5.13. The maximum atomic E-state index is 12.9. The molecule has 1 aliphatic heterocycles. The second-order valence-electron chi connectivity index (χ2n) is 12.1. The zero-order chi connectivity index (χ0) is 37.9. The van der Waals surface area contributed by atoms with E-state index in [9.17, 15) is 38.4 Å². The minimum Gasteiger partial charge on any atom is -0.368 e. The van der Waals surface area contributed by atoms with E-state index in [0.29, 0.717) is 37.9 Å². The molecule has 0 aliphatic carbocycles. The molecule has 1 unspecified atom stereocenters. The highest BCUT2D eigenvalue weighted by Gasteiger charge is 2.36. The lowest BCUT2D eigenvalue weighted by molar-refractivity contribution is -0.139. The van der Waals surface area contributed by atoms with Crippen LogP contribution in [0.1, 0.15) is 56.7 Å². The van der Waals surface area contributed by atoms with Crippen molar-refractivity contribution >= 4 is 47.3 Å². The number of rotatable bonds is 23. The molecule has 0 spiro atoms. The summed E-state index contributed by atoms with van der Waals surface area (Å²) in [5, 5.41) is 20.4. The lowest BCUT2D eigenvalue weighted by atomic mass is 10.1. The molecule has 1 aromatic heterocycles. The van der Waals surface area contributed by atoms with E-state index in [-0.39, 0.29) is 69.3 Å². The Labute approximate surface area is 300 Å². The minimum absolute atomic E-state index is 0.0909. The number of hydrogen-bond acceptors (Lipinski definition) is 11. The molecule has 19 heteroatoms. The van der Waals surface area contributed by atoms with Crippen LogP contribution in [0.25, 0.3) is 0 Å². The molecule has 1 saturated heterocycles. The summed E-state index contributed by atoms with van der Waals surface area (Å²) in [6.45, 7) is 0.544. The lowest BCUT2D eigenvalue weighted by Crippen LogP contribution is -2.52. The molecule has 2 aromatic rings. The van der Waals surface area contributed by atoms with Gasteiger partial charge < -0.3 is 37.1 Å². The van der Waals surface area contributed by atoms with Crippen molar-refractivity contribution in [1.29, 1.82) is 0 Å². The molecular formula is C33H46N10O9. The van der Waals surface area contributed by atoms with Crippen LogP contribution in [0.2, 0.25) is 0 Å². The molecular weight excluding hydrogens is 680 g/mol. The molecule has 3 rings (SSSR count). The van der Waals surface area contributed by atoms with Gasteiger partial charge in [0.25, 0.3) is 0 Å². The Balaban J connectivity index is 1.35. The Bertz CT molecular complexity index is 1570. The maximum Gasteiger partial charge on any atom is 0.243 e. The van der Waals surface area contributed by atoms with E-state index in [1.165, 1.54) is 15.8 Å².